The SMILES string of the molecule is CCCCNC(=O)[C@@H](Cc1ccccc1)N(Cc1ccccc1C)C(=O)COc1ccc(Cl)cc1Br. The molecular weight excluding hydrogens is 540 g/mol. The third-order valence-electron chi connectivity index (χ3n) is 5.95. The Labute approximate surface area is 226 Å². The van der Waals surface area contributed by atoms with Gasteiger partial charge in [0.25, 0.3) is 5.91 Å². The molecule has 36 heavy (non-hydrogen) atoms. The van der Waals surface area contributed by atoms with Crippen molar-refractivity contribution in [2.24, 2.45) is 0 Å². The van der Waals surface area contributed by atoms with Crippen LogP contribution in [0.25, 0.3) is 0 Å². The molecule has 3 aromatic rings. The monoisotopic (exact) mass is 570 g/mol. The molecule has 0 spiro atoms. The first kappa shape index (κ1) is 27.8. The second-order valence-electron chi connectivity index (χ2n) is 8.66. The Bertz CT molecular complexity index is 1160. The summed E-state index contributed by atoms with van der Waals surface area (Å²) in [6.07, 6.45) is 2.25. The number of carbonyl (C=O) groups excluding carboxylic acids is 2. The average molecular weight is 572 g/mol. The van der Waals surface area contributed by atoms with Crippen LogP contribution in [0.15, 0.2) is 77.3 Å². The summed E-state index contributed by atoms with van der Waals surface area (Å²) in [5.74, 6) is 0.0733. The van der Waals surface area contributed by atoms with Crippen molar-refractivity contribution in [3.8, 4) is 5.75 Å². The van der Waals surface area contributed by atoms with Crippen molar-refractivity contribution in [2.45, 2.75) is 45.7 Å². The summed E-state index contributed by atoms with van der Waals surface area (Å²) in [6, 6.07) is 22.1. The van der Waals surface area contributed by atoms with Crippen LogP contribution in [0.2, 0.25) is 5.02 Å². The molecule has 0 heterocycles. The summed E-state index contributed by atoms with van der Waals surface area (Å²) >= 11 is 9.47. The van der Waals surface area contributed by atoms with E-state index in [1.807, 2.05) is 61.5 Å². The number of halogens is 2. The molecule has 0 aliphatic heterocycles. The average Bonchev–Trinajstić information content (AvgIpc) is 2.87. The first-order valence-electron chi connectivity index (χ1n) is 12.1. The van der Waals surface area contributed by atoms with Crippen molar-refractivity contribution in [1.29, 1.82) is 0 Å². The van der Waals surface area contributed by atoms with E-state index in [4.69, 9.17) is 16.3 Å². The highest BCUT2D eigenvalue weighted by atomic mass is 79.9. The van der Waals surface area contributed by atoms with E-state index in [0.717, 1.165) is 29.5 Å². The molecule has 3 aromatic carbocycles. The zero-order valence-corrected chi connectivity index (χ0v) is 23.0. The number of hydrogen-bond acceptors (Lipinski definition) is 3. The molecule has 7 heteroatoms. The largest absolute Gasteiger partial charge is 0.483 e. The minimum absolute atomic E-state index is 0.165. The van der Waals surface area contributed by atoms with E-state index in [0.29, 0.717) is 34.8 Å². The Kier molecular flexibility index (Phi) is 10.8. The smallest absolute Gasteiger partial charge is 0.261 e. The van der Waals surface area contributed by atoms with Gasteiger partial charge in [-0.25, -0.2) is 0 Å². The Morgan fingerprint density at radius 1 is 1.06 bits per heavy atom. The lowest BCUT2D eigenvalue weighted by molar-refractivity contribution is -0.142. The number of hydrogen-bond donors (Lipinski definition) is 1. The van der Waals surface area contributed by atoms with Crippen LogP contribution in [0.3, 0.4) is 0 Å². The van der Waals surface area contributed by atoms with Gasteiger partial charge in [-0.2, -0.15) is 0 Å². The van der Waals surface area contributed by atoms with E-state index < -0.39 is 6.04 Å². The molecule has 2 amide bonds. The van der Waals surface area contributed by atoms with Gasteiger partial charge in [-0.3, -0.25) is 9.59 Å². The molecule has 0 unspecified atom stereocenters. The molecule has 0 saturated heterocycles. The van der Waals surface area contributed by atoms with Crippen molar-refractivity contribution in [2.75, 3.05) is 13.2 Å². The van der Waals surface area contributed by atoms with Crippen LogP contribution in [0.1, 0.15) is 36.5 Å². The fourth-order valence-electron chi connectivity index (χ4n) is 3.85. The number of nitrogens with zero attached hydrogens (tertiary/aromatic N) is 1. The van der Waals surface area contributed by atoms with E-state index in [9.17, 15) is 9.59 Å². The van der Waals surface area contributed by atoms with E-state index in [1.54, 1.807) is 23.1 Å². The Morgan fingerprint density at radius 3 is 2.47 bits per heavy atom. The number of benzene rings is 3. The van der Waals surface area contributed by atoms with E-state index in [1.165, 1.54) is 0 Å². The second kappa shape index (κ2) is 14.0. The summed E-state index contributed by atoms with van der Waals surface area (Å²) in [4.78, 5) is 28.7. The van der Waals surface area contributed by atoms with Crippen LogP contribution in [0, 0.1) is 6.92 Å². The molecule has 190 valence electrons. The Morgan fingerprint density at radius 2 is 1.78 bits per heavy atom. The first-order valence-corrected chi connectivity index (χ1v) is 13.3. The molecule has 1 atom stereocenters. The summed E-state index contributed by atoms with van der Waals surface area (Å²) in [7, 11) is 0. The number of nitrogens with one attached hydrogen (secondary N) is 1. The van der Waals surface area contributed by atoms with E-state index in [-0.39, 0.29) is 18.4 Å². The molecule has 0 aliphatic rings. The summed E-state index contributed by atoms with van der Waals surface area (Å²) < 4.78 is 6.51. The van der Waals surface area contributed by atoms with Crippen molar-refractivity contribution in [3.05, 3.63) is 99.0 Å². The number of ether oxygens (including phenoxy) is 1. The quantitative estimate of drug-likeness (QED) is 0.258. The summed E-state index contributed by atoms with van der Waals surface area (Å²) in [6.45, 7) is 4.75. The minimum atomic E-state index is -0.686. The molecule has 0 bridgehead atoms. The van der Waals surface area contributed by atoms with Crippen molar-refractivity contribution in [1.82, 2.24) is 10.2 Å². The topological polar surface area (TPSA) is 58.6 Å². The normalized spacial score (nSPS) is 11.6. The van der Waals surface area contributed by atoms with Gasteiger partial charge in [-0.1, -0.05) is 79.5 Å². The number of amides is 2. The van der Waals surface area contributed by atoms with Crippen LogP contribution in [0.4, 0.5) is 0 Å². The Balaban J connectivity index is 1.90. The van der Waals surface area contributed by atoms with Gasteiger partial charge < -0.3 is 15.0 Å². The standard InChI is InChI=1S/C29H32BrClN2O3/c1-3-4-16-32-29(35)26(17-22-11-6-5-7-12-22)33(19-23-13-9-8-10-21(23)2)28(34)20-36-27-15-14-24(31)18-25(27)30/h5-15,18,26H,3-4,16-17,19-20H2,1-2H3,(H,32,35)/t26-/m1/s1. The van der Waals surface area contributed by atoms with Crippen LogP contribution in [-0.2, 0) is 22.6 Å². The fraction of sp³-hybridized carbons (Fsp3) is 0.310. The maximum absolute atomic E-state index is 13.7. The lowest BCUT2D eigenvalue weighted by Gasteiger charge is -2.32. The molecule has 0 fully saturated rings. The highest BCUT2D eigenvalue weighted by Crippen LogP contribution is 2.28. The van der Waals surface area contributed by atoms with Crippen LogP contribution in [-0.4, -0.2) is 35.9 Å². The highest BCUT2D eigenvalue weighted by molar-refractivity contribution is 9.10. The van der Waals surface area contributed by atoms with Gasteiger partial charge in [-0.15, -0.1) is 0 Å². The maximum Gasteiger partial charge on any atom is 0.261 e. The number of unbranched alkanes of at least 4 members (excludes halogenated alkanes) is 1. The predicted molar refractivity (Wildman–Crippen MR) is 148 cm³/mol. The predicted octanol–water partition coefficient (Wildman–Crippen LogP) is 6.35. The molecule has 0 radical (unpaired) electrons. The highest BCUT2D eigenvalue weighted by Gasteiger charge is 2.31. The molecule has 5 nitrogen and oxygen atoms in total. The molecule has 0 aliphatic carbocycles. The molecular formula is C29H32BrClN2O3. The lowest BCUT2D eigenvalue weighted by atomic mass is 10.0. The first-order chi connectivity index (χ1) is 17.4. The molecule has 0 saturated carbocycles. The van der Waals surface area contributed by atoms with Gasteiger partial charge in [-0.05, 0) is 64.2 Å². The number of rotatable bonds is 12. The van der Waals surface area contributed by atoms with Crippen molar-refractivity contribution < 1.29 is 14.3 Å². The van der Waals surface area contributed by atoms with Crippen LogP contribution in [0.5, 0.6) is 5.75 Å². The van der Waals surface area contributed by atoms with Gasteiger partial charge in [0.1, 0.15) is 11.8 Å². The fourth-order valence-corrected chi connectivity index (χ4v) is 4.64. The summed E-state index contributed by atoms with van der Waals surface area (Å²) in [5.41, 5.74) is 3.02. The minimum Gasteiger partial charge on any atom is -0.483 e. The van der Waals surface area contributed by atoms with Gasteiger partial charge in [0.05, 0.1) is 4.47 Å². The van der Waals surface area contributed by atoms with Crippen molar-refractivity contribution >= 4 is 39.3 Å². The molecule has 3 rings (SSSR count). The van der Waals surface area contributed by atoms with E-state index >= 15 is 0 Å². The van der Waals surface area contributed by atoms with E-state index in [2.05, 4.69) is 28.2 Å². The molecule has 1 N–H and O–H groups in total. The van der Waals surface area contributed by atoms with Gasteiger partial charge in [0.2, 0.25) is 5.91 Å². The molecule has 0 aromatic heterocycles. The van der Waals surface area contributed by atoms with Crippen LogP contribution < -0.4 is 10.1 Å². The zero-order chi connectivity index (χ0) is 25.9. The second-order valence-corrected chi connectivity index (χ2v) is 9.95. The Hall–Kier alpha value is -2.83. The van der Waals surface area contributed by atoms with Gasteiger partial charge in [0.15, 0.2) is 6.61 Å². The zero-order valence-electron chi connectivity index (χ0n) is 20.7. The van der Waals surface area contributed by atoms with Gasteiger partial charge >= 0.3 is 0 Å². The third-order valence-corrected chi connectivity index (χ3v) is 6.80. The van der Waals surface area contributed by atoms with Gasteiger partial charge in [0, 0.05) is 24.5 Å². The third kappa shape index (κ3) is 8.10. The number of aryl methyl sites for hydroxylation is 1. The summed E-state index contributed by atoms with van der Waals surface area (Å²) in [5, 5.41) is 3.60. The lowest BCUT2D eigenvalue weighted by Crippen LogP contribution is -2.52. The van der Waals surface area contributed by atoms with Crippen molar-refractivity contribution in [3.63, 3.8) is 0 Å². The maximum atomic E-state index is 13.7. The number of carbonyl (C=O) groups is 2. The van der Waals surface area contributed by atoms with Crippen LogP contribution >= 0.6 is 27.5 Å².